The fourth-order valence-corrected chi connectivity index (χ4v) is 1.79. The van der Waals surface area contributed by atoms with Gasteiger partial charge in [-0.3, -0.25) is 9.59 Å². The lowest BCUT2D eigenvalue weighted by Crippen LogP contribution is -2.10. The number of aromatic nitrogens is 2. The minimum absolute atomic E-state index is 0.169. The molecule has 0 aliphatic heterocycles. The second kappa shape index (κ2) is 6.16. The number of aromatic amines is 1. The molecule has 0 spiro atoms. The molecular weight excluding hydrogens is 230 g/mol. The minimum atomic E-state index is -0.300. The number of nitrogen functional groups attached to an aromatic ring is 1. The lowest BCUT2D eigenvalue weighted by Gasteiger charge is -2.01. The number of nitrogens with two attached hydrogens (primary N) is 1. The summed E-state index contributed by atoms with van der Waals surface area (Å²) in [5, 5.41) is 0.411. The smallest absolute Gasteiger partial charge is 0.306 e. The van der Waals surface area contributed by atoms with Gasteiger partial charge in [0.25, 0.3) is 5.56 Å². The lowest BCUT2D eigenvalue weighted by molar-refractivity contribution is -0.142. The Labute approximate surface area is 96.6 Å². The molecule has 0 aliphatic carbocycles. The third kappa shape index (κ3) is 4.35. The van der Waals surface area contributed by atoms with Crippen molar-refractivity contribution >= 4 is 23.5 Å². The van der Waals surface area contributed by atoms with Crippen molar-refractivity contribution < 1.29 is 9.53 Å². The predicted octanol–water partition coefficient (Wildman–Crippen LogP) is 0.397. The molecule has 1 aromatic heterocycles. The van der Waals surface area contributed by atoms with Gasteiger partial charge in [0.2, 0.25) is 0 Å². The number of carbonyl (C=O) groups is 1. The number of nitrogens with one attached hydrogen (secondary N) is 1. The third-order valence-electron chi connectivity index (χ3n) is 1.59. The quantitative estimate of drug-likeness (QED) is 0.441. The summed E-state index contributed by atoms with van der Waals surface area (Å²) in [5.41, 5.74) is 5.10. The number of rotatable bonds is 5. The number of hydrogen-bond donors (Lipinski definition) is 2. The van der Waals surface area contributed by atoms with Gasteiger partial charge < -0.3 is 15.5 Å². The van der Waals surface area contributed by atoms with Gasteiger partial charge in [-0.25, -0.2) is 4.98 Å². The SMILES string of the molecule is CCOC(=O)CCSc1nc(N)cc(=O)[nH]1. The number of esters is 1. The van der Waals surface area contributed by atoms with E-state index in [1.54, 1.807) is 6.92 Å². The number of anilines is 1. The van der Waals surface area contributed by atoms with Crippen LogP contribution in [0.2, 0.25) is 0 Å². The van der Waals surface area contributed by atoms with E-state index in [1.165, 1.54) is 17.8 Å². The maximum atomic E-state index is 11.0. The molecule has 0 saturated heterocycles. The van der Waals surface area contributed by atoms with Crippen molar-refractivity contribution in [2.45, 2.75) is 18.5 Å². The number of ether oxygens (including phenoxy) is 1. The number of H-pyrrole nitrogens is 1. The highest BCUT2D eigenvalue weighted by molar-refractivity contribution is 7.99. The standard InChI is InChI=1S/C9H13N3O3S/c1-2-15-8(14)3-4-16-9-11-6(10)5-7(13)12-9/h5H,2-4H2,1H3,(H3,10,11,12,13). The molecule has 3 N–H and O–H groups in total. The molecule has 1 heterocycles. The Morgan fingerprint density at radius 3 is 3.06 bits per heavy atom. The van der Waals surface area contributed by atoms with E-state index in [0.717, 1.165) is 0 Å². The fourth-order valence-electron chi connectivity index (χ4n) is 0.986. The molecule has 0 saturated carbocycles. The molecular formula is C9H13N3O3S. The molecule has 0 aromatic carbocycles. The minimum Gasteiger partial charge on any atom is -0.466 e. The zero-order valence-corrected chi connectivity index (χ0v) is 9.67. The molecule has 0 bridgehead atoms. The van der Waals surface area contributed by atoms with Gasteiger partial charge in [-0.1, -0.05) is 11.8 Å². The van der Waals surface area contributed by atoms with Crippen LogP contribution < -0.4 is 11.3 Å². The molecule has 0 aliphatic rings. The molecule has 0 unspecified atom stereocenters. The van der Waals surface area contributed by atoms with Crippen molar-refractivity contribution in [1.82, 2.24) is 9.97 Å². The molecule has 0 atom stereocenters. The van der Waals surface area contributed by atoms with E-state index in [1.807, 2.05) is 0 Å². The fraction of sp³-hybridized carbons (Fsp3) is 0.444. The molecule has 7 heteroatoms. The Balaban J connectivity index is 2.43. The normalized spacial score (nSPS) is 10.1. The number of hydrogen-bond acceptors (Lipinski definition) is 6. The average molecular weight is 243 g/mol. The monoisotopic (exact) mass is 243 g/mol. The Bertz CT molecular complexity index is 419. The highest BCUT2D eigenvalue weighted by atomic mass is 32.2. The number of thioether (sulfide) groups is 1. The van der Waals surface area contributed by atoms with Gasteiger partial charge in [-0.15, -0.1) is 0 Å². The predicted molar refractivity (Wildman–Crippen MR) is 61.2 cm³/mol. The first-order chi connectivity index (χ1) is 7.61. The van der Waals surface area contributed by atoms with Crippen LogP contribution >= 0.6 is 11.8 Å². The topological polar surface area (TPSA) is 98.1 Å². The summed E-state index contributed by atoms with van der Waals surface area (Å²) in [7, 11) is 0. The largest absolute Gasteiger partial charge is 0.466 e. The van der Waals surface area contributed by atoms with Gasteiger partial charge in [0.15, 0.2) is 5.16 Å². The number of nitrogens with zero attached hydrogens (tertiary/aromatic N) is 1. The second-order valence-electron chi connectivity index (χ2n) is 2.88. The third-order valence-corrected chi connectivity index (χ3v) is 2.47. The average Bonchev–Trinajstić information content (AvgIpc) is 2.16. The second-order valence-corrected chi connectivity index (χ2v) is 3.96. The first-order valence-corrected chi connectivity index (χ1v) is 5.75. The van der Waals surface area contributed by atoms with Crippen LogP contribution in [0.1, 0.15) is 13.3 Å². The molecule has 0 amide bonds. The molecule has 88 valence electrons. The van der Waals surface area contributed by atoms with Crippen LogP contribution in [0.3, 0.4) is 0 Å². The van der Waals surface area contributed by atoms with Crippen LogP contribution in [0.4, 0.5) is 5.82 Å². The highest BCUT2D eigenvalue weighted by Gasteiger charge is 2.04. The van der Waals surface area contributed by atoms with E-state index in [2.05, 4.69) is 9.97 Å². The Kier molecular flexibility index (Phi) is 4.84. The van der Waals surface area contributed by atoms with Crippen molar-refractivity contribution in [3.8, 4) is 0 Å². The first-order valence-electron chi connectivity index (χ1n) is 4.77. The molecule has 6 nitrogen and oxygen atoms in total. The van der Waals surface area contributed by atoms with Gasteiger partial charge in [-0.05, 0) is 6.92 Å². The van der Waals surface area contributed by atoms with Crippen LogP contribution in [-0.4, -0.2) is 28.3 Å². The van der Waals surface area contributed by atoms with E-state index in [0.29, 0.717) is 17.5 Å². The van der Waals surface area contributed by atoms with Gasteiger partial charge in [0.1, 0.15) is 5.82 Å². The zero-order valence-electron chi connectivity index (χ0n) is 8.86. The lowest BCUT2D eigenvalue weighted by atomic mass is 10.5. The first kappa shape index (κ1) is 12.6. The molecule has 1 aromatic rings. The van der Waals surface area contributed by atoms with Crippen molar-refractivity contribution in [1.29, 1.82) is 0 Å². The summed E-state index contributed by atoms with van der Waals surface area (Å²) in [6, 6.07) is 1.20. The van der Waals surface area contributed by atoms with Crippen molar-refractivity contribution in [3.63, 3.8) is 0 Å². The van der Waals surface area contributed by atoms with Crippen molar-refractivity contribution in [3.05, 3.63) is 16.4 Å². The van der Waals surface area contributed by atoms with E-state index in [9.17, 15) is 9.59 Å². The molecule has 0 radical (unpaired) electrons. The molecule has 0 fully saturated rings. The maximum Gasteiger partial charge on any atom is 0.306 e. The Morgan fingerprint density at radius 1 is 1.69 bits per heavy atom. The zero-order chi connectivity index (χ0) is 12.0. The van der Waals surface area contributed by atoms with Crippen LogP contribution in [0.15, 0.2) is 16.0 Å². The van der Waals surface area contributed by atoms with Gasteiger partial charge >= 0.3 is 5.97 Å². The Hall–Kier alpha value is -1.50. The molecule has 1 rings (SSSR count). The Morgan fingerprint density at radius 2 is 2.44 bits per heavy atom. The summed E-state index contributed by atoms with van der Waals surface area (Å²) >= 11 is 1.26. The van der Waals surface area contributed by atoms with E-state index >= 15 is 0 Å². The summed E-state index contributed by atoms with van der Waals surface area (Å²) in [6.45, 7) is 2.12. The van der Waals surface area contributed by atoms with Gasteiger partial charge in [0, 0.05) is 11.8 Å². The maximum absolute atomic E-state index is 11.0. The van der Waals surface area contributed by atoms with Crippen LogP contribution in [0.25, 0.3) is 0 Å². The van der Waals surface area contributed by atoms with Crippen LogP contribution in [0.5, 0.6) is 0 Å². The summed E-state index contributed by atoms with van der Waals surface area (Å²) in [6.07, 6.45) is 0.275. The van der Waals surface area contributed by atoms with Crippen LogP contribution in [-0.2, 0) is 9.53 Å². The summed E-state index contributed by atoms with van der Waals surface area (Å²) in [5.74, 6) is 0.397. The molecule has 16 heavy (non-hydrogen) atoms. The van der Waals surface area contributed by atoms with Crippen molar-refractivity contribution in [2.75, 3.05) is 18.1 Å². The van der Waals surface area contributed by atoms with Gasteiger partial charge in [-0.2, -0.15) is 0 Å². The van der Waals surface area contributed by atoms with E-state index in [4.69, 9.17) is 10.5 Å². The summed E-state index contributed by atoms with van der Waals surface area (Å²) in [4.78, 5) is 28.5. The van der Waals surface area contributed by atoms with Crippen LogP contribution in [0, 0.1) is 0 Å². The van der Waals surface area contributed by atoms with Crippen molar-refractivity contribution in [2.24, 2.45) is 0 Å². The van der Waals surface area contributed by atoms with E-state index < -0.39 is 0 Å². The number of carbonyl (C=O) groups excluding carboxylic acids is 1. The summed E-state index contributed by atoms with van der Waals surface area (Å²) < 4.78 is 4.76. The van der Waals surface area contributed by atoms with E-state index in [-0.39, 0.29) is 23.8 Å². The highest BCUT2D eigenvalue weighted by Crippen LogP contribution is 2.13. The van der Waals surface area contributed by atoms with Gasteiger partial charge in [0.05, 0.1) is 13.0 Å².